The summed E-state index contributed by atoms with van der Waals surface area (Å²) >= 11 is 0. The summed E-state index contributed by atoms with van der Waals surface area (Å²) in [5.41, 5.74) is 7.27. The lowest BCUT2D eigenvalue weighted by Crippen LogP contribution is -2.16. The molecule has 4 heteroatoms. The van der Waals surface area contributed by atoms with Gasteiger partial charge in [0.2, 0.25) is 0 Å². The molecule has 2 heterocycles. The molecule has 0 aromatic carbocycles. The van der Waals surface area contributed by atoms with E-state index in [0.717, 1.165) is 56.4 Å². The van der Waals surface area contributed by atoms with Crippen molar-refractivity contribution in [2.45, 2.75) is 38.6 Å². The molecule has 2 N–H and O–H groups in total. The summed E-state index contributed by atoms with van der Waals surface area (Å²) in [6.07, 6.45) is 4.82. The van der Waals surface area contributed by atoms with E-state index in [9.17, 15) is 0 Å². The van der Waals surface area contributed by atoms with Crippen LogP contribution >= 0.6 is 0 Å². The smallest absolute Gasteiger partial charge is 0.127 e. The second kappa shape index (κ2) is 5.36. The molecule has 1 aromatic rings. The van der Waals surface area contributed by atoms with Gasteiger partial charge in [-0.05, 0) is 12.8 Å². The number of ether oxygens (including phenoxy) is 1. The molecule has 1 saturated heterocycles. The zero-order chi connectivity index (χ0) is 12.3. The molecule has 0 aliphatic carbocycles. The SMILES string of the molecule is C=CCn1c(CC)nc(C2CCOCC2)c1N. The lowest BCUT2D eigenvalue weighted by atomic mass is 9.96. The van der Waals surface area contributed by atoms with Gasteiger partial charge >= 0.3 is 0 Å². The van der Waals surface area contributed by atoms with Gasteiger partial charge in [-0.2, -0.15) is 0 Å². The van der Waals surface area contributed by atoms with Gasteiger partial charge < -0.3 is 15.0 Å². The van der Waals surface area contributed by atoms with E-state index < -0.39 is 0 Å². The standard InChI is InChI=1S/C13H21N3O/c1-3-7-16-11(4-2)15-12(13(16)14)10-5-8-17-9-6-10/h3,10H,1,4-9,14H2,2H3. The number of nitrogen functional groups attached to an aromatic ring is 1. The largest absolute Gasteiger partial charge is 0.384 e. The number of imidazole rings is 1. The number of aryl methyl sites for hydroxylation is 1. The minimum atomic E-state index is 0.458. The Kier molecular flexibility index (Phi) is 3.84. The van der Waals surface area contributed by atoms with Crippen LogP contribution in [-0.2, 0) is 17.7 Å². The van der Waals surface area contributed by atoms with E-state index in [4.69, 9.17) is 15.5 Å². The number of nitrogens with two attached hydrogens (primary N) is 1. The minimum Gasteiger partial charge on any atom is -0.384 e. The zero-order valence-corrected chi connectivity index (χ0v) is 10.5. The number of aromatic nitrogens is 2. The Hall–Kier alpha value is -1.29. The molecular formula is C13H21N3O. The fourth-order valence-corrected chi connectivity index (χ4v) is 2.41. The van der Waals surface area contributed by atoms with Crippen LogP contribution in [0, 0.1) is 0 Å². The summed E-state index contributed by atoms with van der Waals surface area (Å²) in [4.78, 5) is 4.71. The van der Waals surface area contributed by atoms with Crippen LogP contribution < -0.4 is 5.73 Å². The predicted octanol–water partition coefficient (Wildman–Crippen LogP) is 2.11. The van der Waals surface area contributed by atoms with Crippen molar-refractivity contribution >= 4 is 5.82 Å². The highest BCUT2D eigenvalue weighted by molar-refractivity contribution is 5.41. The molecule has 0 spiro atoms. The van der Waals surface area contributed by atoms with Crippen LogP contribution in [0.2, 0.25) is 0 Å². The van der Waals surface area contributed by atoms with Gasteiger partial charge in [0.15, 0.2) is 0 Å². The molecule has 17 heavy (non-hydrogen) atoms. The fourth-order valence-electron chi connectivity index (χ4n) is 2.41. The summed E-state index contributed by atoms with van der Waals surface area (Å²) in [7, 11) is 0. The second-order valence-corrected chi connectivity index (χ2v) is 4.44. The molecule has 4 nitrogen and oxygen atoms in total. The summed E-state index contributed by atoms with van der Waals surface area (Å²) < 4.78 is 7.45. The third-order valence-electron chi connectivity index (χ3n) is 3.35. The minimum absolute atomic E-state index is 0.458. The predicted molar refractivity (Wildman–Crippen MR) is 69.0 cm³/mol. The second-order valence-electron chi connectivity index (χ2n) is 4.44. The van der Waals surface area contributed by atoms with Gasteiger partial charge in [0.05, 0.1) is 5.69 Å². The number of hydrogen-bond acceptors (Lipinski definition) is 3. The van der Waals surface area contributed by atoms with Gasteiger partial charge in [-0.25, -0.2) is 4.98 Å². The van der Waals surface area contributed by atoms with Crippen molar-refractivity contribution < 1.29 is 4.74 Å². The lowest BCUT2D eigenvalue weighted by Gasteiger charge is -2.20. The number of nitrogens with zero attached hydrogens (tertiary/aromatic N) is 2. The summed E-state index contributed by atoms with van der Waals surface area (Å²) in [6, 6.07) is 0. The van der Waals surface area contributed by atoms with Crippen LogP contribution in [0.3, 0.4) is 0 Å². The van der Waals surface area contributed by atoms with Crippen molar-refractivity contribution in [2.75, 3.05) is 18.9 Å². The lowest BCUT2D eigenvalue weighted by molar-refractivity contribution is 0.0847. The third kappa shape index (κ3) is 2.36. The number of hydrogen-bond donors (Lipinski definition) is 1. The van der Waals surface area contributed by atoms with E-state index in [1.54, 1.807) is 0 Å². The fraction of sp³-hybridized carbons (Fsp3) is 0.615. The van der Waals surface area contributed by atoms with E-state index in [2.05, 4.69) is 18.1 Å². The number of anilines is 1. The highest BCUT2D eigenvalue weighted by Crippen LogP contribution is 2.31. The normalized spacial score (nSPS) is 17.2. The van der Waals surface area contributed by atoms with Crippen molar-refractivity contribution in [3.8, 4) is 0 Å². The van der Waals surface area contributed by atoms with Crippen molar-refractivity contribution in [2.24, 2.45) is 0 Å². The monoisotopic (exact) mass is 235 g/mol. The first kappa shape index (κ1) is 12.2. The molecule has 0 radical (unpaired) electrons. The van der Waals surface area contributed by atoms with E-state index in [0.29, 0.717) is 5.92 Å². The van der Waals surface area contributed by atoms with Gasteiger partial charge in [0, 0.05) is 32.1 Å². The van der Waals surface area contributed by atoms with Crippen LogP contribution in [0.15, 0.2) is 12.7 Å². The van der Waals surface area contributed by atoms with E-state index in [1.165, 1.54) is 0 Å². The van der Waals surface area contributed by atoms with Crippen LogP contribution in [0.4, 0.5) is 5.82 Å². The molecule has 1 aromatic heterocycles. The maximum absolute atomic E-state index is 6.21. The van der Waals surface area contributed by atoms with Gasteiger partial charge in [-0.15, -0.1) is 6.58 Å². The zero-order valence-electron chi connectivity index (χ0n) is 10.5. The van der Waals surface area contributed by atoms with E-state index in [1.807, 2.05) is 6.08 Å². The molecule has 0 atom stereocenters. The summed E-state index contributed by atoms with van der Waals surface area (Å²) in [5.74, 6) is 2.33. The highest BCUT2D eigenvalue weighted by atomic mass is 16.5. The van der Waals surface area contributed by atoms with Gasteiger partial charge in [0.25, 0.3) is 0 Å². The first-order valence-corrected chi connectivity index (χ1v) is 6.31. The van der Waals surface area contributed by atoms with E-state index in [-0.39, 0.29) is 0 Å². The molecule has 1 aliphatic rings. The first-order chi connectivity index (χ1) is 8.27. The van der Waals surface area contributed by atoms with Crippen LogP contribution in [0.1, 0.15) is 37.2 Å². The van der Waals surface area contributed by atoms with Crippen LogP contribution in [0.25, 0.3) is 0 Å². The third-order valence-corrected chi connectivity index (χ3v) is 3.35. The van der Waals surface area contributed by atoms with Crippen molar-refractivity contribution in [1.29, 1.82) is 0 Å². The molecule has 94 valence electrons. The molecule has 2 rings (SSSR count). The quantitative estimate of drug-likeness (QED) is 0.813. The molecule has 0 unspecified atom stereocenters. The van der Waals surface area contributed by atoms with E-state index >= 15 is 0 Å². The average Bonchev–Trinajstić information content (AvgIpc) is 2.69. The average molecular weight is 235 g/mol. The van der Waals surface area contributed by atoms with Crippen molar-refractivity contribution in [3.63, 3.8) is 0 Å². The molecule has 0 amide bonds. The molecule has 0 bridgehead atoms. The van der Waals surface area contributed by atoms with Crippen molar-refractivity contribution in [1.82, 2.24) is 9.55 Å². The Morgan fingerprint density at radius 1 is 1.53 bits per heavy atom. The van der Waals surface area contributed by atoms with Crippen molar-refractivity contribution in [3.05, 3.63) is 24.2 Å². The Labute approximate surface area is 102 Å². The number of allylic oxidation sites excluding steroid dienone is 1. The van der Waals surface area contributed by atoms with Crippen LogP contribution in [-0.4, -0.2) is 22.8 Å². The Bertz CT molecular complexity index is 392. The van der Waals surface area contributed by atoms with Gasteiger partial charge in [-0.1, -0.05) is 13.0 Å². The molecule has 1 fully saturated rings. The topological polar surface area (TPSA) is 53.1 Å². The first-order valence-electron chi connectivity index (χ1n) is 6.31. The molecular weight excluding hydrogens is 214 g/mol. The van der Waals surface area contributed by atoms with Crippen LogP contribution in [0.5, 0.6) is 0 Å². The molecule has 1 aliphatic heterocycles. The Morgan fingerprint density at radius 2 is 2.24 bits per heavy atom. The molecule has 0 saturated carbocycles. The Morgan fingerprint density at radius 3 is 2.82 bits per heavy atom. The van der Waals surface area contributed by atoms with Gasteiger partial charge in [0.1, 0.15) is 11.6 Å². The highest BCUT2D eigenvalue weighted by Gasteiger charge is 2.23. The maximum atomic E-state index is 6.21. The van der Waals surface area contributed by atoms with Gasteiger partial charge in [-0.3, -0.25) is 0 Å². The summed E-state index contributed by atoms with van der Waals surface area (Å²) in [5, 5.41) is 0. The maximum Gasteiger partial charge on any atom is 0.127 e. The number of rotatable bonds is 4. The Balaban J connectivity index is 2.30. The summed E-state index contributed by atoms with van der Waals surface area (Å²) in [6.45, 7) is 8.26.